The first-order valence-electron chi connectivity index (χ1n) is 11.0. The monoisotopic (exact) mass is 444 g/mol. The van der Waals surface area contributed by atoms with Crippen LogP contribution in [0.2, 0.25) is 0 Å². The number of ether oxygens (including phenoxy) is 1. The van der Waals surface area contributed by atoms with Gasteiger partial charge in [-0.3, -0.25) is 9.59 Å². The van der Waals surface area contributed by atoms with Crippen LogP contribution in [0.15, 0.2) is 35.7 Å². The molecule has 0 atom stereocenters. The van der Waals surface area contributed by atoms with Crippen LogP contribution in [0, 0.1) is 23.3 Å². The Hall–Kier alpha value is -3.40. The lowest BCUT2D eigenvalue weighted by atomic mass is 10.0. The minimum absolute atomic E-state index is 0.357. The zero-order valence-corrected chi connectivity index (χ0v) is 15.4. The Morgan fingerprint density at radius 2 is 1.77 bits per heavy atom. The number of halogens is 4. The SMILES string of the molecule is [2H]C([2H])([2H])NC(=O)c1sccc1C(=O)Nc1c(F)c(F)c(-c2cccc(OC([2H])([2H])[2H])c2)c(F)c1F. The maximum atomic E-state index is 14.8. The number of thiophene rings is 1. The molecule has 5 nitrogen and oxygen atoms in total. The van der Waals surface area contributed by atoms with Gasteiger partial charge in [0.1, 0.15) is 16.3 Å². The third kappa shape index (κ3) is 3.73. The fourth-order valence-electron chi connectivity index (χ4n) is 2.61. The van der Waals surface area contributed by atoms with Gasteiger partial charge >= 0.3 is 0 Å². The fourth-order valence-corrected chi connectivity index (χ4v) is 3.40. The molecule has 0 spiro atoms. The van der Waals surface area contributed by atoms with Gasteiger partial charge < -0.3 is 15.4 Å². The third-order valence-electron chi connectivity index (χ3n) is 3.97. The van der Waals surface area contributed by atoms with Gasteiger partial charge in [0.25, 0.3) is 11.8 Å². The molecule has 0 bridgehead atoms. The first-order valence-corrected chi connectivity index (χ1v) is 8.84. The molecule has 3 rings (SSSR count). The van der Waals surface area contributed by atoms with Crippen molar-refractivity contribution in [3.8, 4) is 16.9 Å². The molecule has 0 aliphatic rings. The average molecular weight is 444 g/mol. The van der Waals surface area contributed by atoms with Crippen LogP contribution < -0.4 is 15.4 Å². The summed E-state index contributed by atoms with van der Waals surface area (Å²) < 4.78 is 106. The summed E-state index contributed by atoms with van der Waals surface area (Å²) in [5.41, 5.74) is -3.64. The molecule has 0 unspecified atom stereocenters. The van der Waals surface area contributed by atoms with Crippen molar-refractivity contribution in [1.29, 1.82) is 0 Å². The number of rotatable bonds is 5. The Bertz CT molecular complexity index is 1310. The lowest BCUT2D eigenvalue weighted by Gasteiger charge is -2.14. The molecule has 2 amide bonds. The van der Waals surface area contributed by atoms with Gasteiger partial charge in [-0.15, -0.1) is 11.3 Å². The molecule has 1 heterocycles. The first-order chi connectivity index (χ1) is 16.6. The van der Waals surface area contributed by atoms with E-state index in [1.54, 1.807) is 10.6 Å². The number of anilines is 1. The summed E-state index contributed by atoms with van der Waals surface area (Å²) in [7, 11) is -2.90. The summed E-state index contributed by atoms with van der Waals surface area (Å²) in [4.78, 5) is 24.2. The Morgan fingerprint density at radius 1 is 1.03 bits per heavy atom. The molecule has 0 saturated heterocycles. The Kier molecular flexibility index (Phi) is 4.14. The highest BCUT2D eigenvalue weighted by molar-refractivity contribution is 7.12. The normalized spacial score (nSPS) is 14.4. The summed E-state index contributed by atoms with van der Waals surface area (Å²) in [5, 5.41) is 4.52. The topological polar surface area (TPSA) is 67.4 Å². The number of hydrogen-bond acceptors (Lipinski definition) is 4. The van der Waals surface area contributed by atoms with E-state index in [-0.39, 0.29) is 5.75 Å². The van der Waals surface area contributed by atoms with E-state index < -0.39 is 76.4 Å². The quantitative estimate of drug-likeness (QED) is 0.447. The molecule has 3 aromatic rings. The minimum Gasteiger partial charge on any atom is -0.497 e. The summed E-state index contributed by atoms with van der Waals surface area (Å²) in [6.07, 6.45) is 0. The van der Waals surface area contributed by atoms with Gasteiger partial charge in [0, 0.05) is 11.1 Å². The molecule has 0 aliphatic heterocycles. The van der Waals surface area contributed by atoms with Gasteiger partial charge in [0.2, 0.25) is 0 Å². The molecular weight excluding hydrogens is 424 g/mol. The van der Waals surface area contributed by atoms with Crippen molar-refractivity contribution in [3.05, 3.63) is 69.4 Å². The van der Waals surface area contributed by atoms with E-state index in [4.69, 9.17) is 8.22 Å². The second-order valence-corrected chi connectivity index (χ2v) is 6.62. The average Bonchev–Trinajstić information content (AvgIpc) is 3.24. The van der Waals surface area contributed by atoms with Gasteiger partial charge in [-0.25, -0.2) is 17.6 Å². The molecule has 2 N–H and O–H groups in total. The molecule has 1 aromatic heterocycles. The number of benzene rings is 2. The van der Waals surface area contributed by atoms with E-state index in [1.807, 2.05) is 0 Å². The van der Waals surface area contributed by atoms with E-state index >= 15 is 0 Å². The summed E-state index contributed by atoms with van der Waals surface area (Å²) >= 11 is 0.646. The van der Waals surface area contributed by atoms with Crippen molar-refractivity contribution < 1.29 is 40.1 Å². The van der Waals surface area contributed by atoms with Crippen molar-refractivity contribution in [2.75, 3.05) is 19.3 Å². The zero-order valence-electron chi connectivity index (χ0n) is 20.6. The smallest absolute Gasteiger partial charge is 0.261 e. The number of carbonyl (C=O) groups excluding carboxylic acids is 2. The van der Waals surface area contributed by atoms with Crippen LogP contribution in [0.3, 0.4) is 0 Å². The second kappa shape index (κ2) is 8.54. The largest absolute Gasteiger partial charge is 0.497 e. The molecule has 0 fully saturated rings. The standard InChI is InChI=1S/C20H14F4N2O3S/c1-25-20(28)18-11(6-7-30-18)19(27)26-17-15(23)13(21)12(14(22)16(17)24)9-4-3-5-10(8-9)29-2/h3-8H,1-2H3,(H,25,28)(H,26,27)/i1D3,2D3. The number of carbonyl (C=O) groups is 2. The predicted molar refractivity (Wildman–Crippen MR) is 104 cm³/mol. The van der Waals surface area contributed by atoms with Crippen molar-refractivity contribution >= 4 is 28.8 Å². The van der Waals surface area contributed by atoms with Crippen LogP contribution in [0.4, 0.5) is 23.2 Å². The second-order valence-electron chi connectivity index (χ2n) is 5.71. The van der Waals surface area contributed by atoms with Crippen LogP contribution in [0.5, 0.6) is 5.75 Å². The maximum absolute atomic E-state index is 14.8. The molecule has 10 heteroatoms. The van der Waals surface area contributed by atoms with E-state index in [9.17, 15) is 27.2 Å². The van der Waals surface area contributed by atoms with E-state index in [0.717, 1.165) is 30.3 Å². The molecule has 0 radical (unpaired) electrons. The number of amides is 2. The highest BCUT2D eigenvalue weighted by Gasteiger charge is 2.29. The minimum atomic E-state index is -2.90. The third-order valence-corrected chi connectivity index (χ3v) is 4.89. The number of methoxy groups -OCH3 is 1. The van der Waals surface area contributed by atoms with Crippen molar-refractivity contribution in [3.63, 3.8) is 0 Å². The Labute approximate surface area is 180 Å². The van der Waals surface area contributed by atoms with Gasteiger partial charge in [0.15, 0.2) is 23.3 Å². The molecular formula is C20H14F4N2O3S. The van der Waals surface area contributed by atoms with E-state index in [2.05, 4.69) is 4.74 Å². The van der Waals surface area contributed by atoms with Crippen LogP contribution in [0.25, 0.3) is 11.1 Å². The van der Waals surface area contributed by atoms with Gasteiger partial charge in [-0.2, -0.15) is 0 Å². The van der Waals surface area contributed by atoms with Crippen molar-refractivity contribution in [1.82, 2.24) is 5.32 Å². The van der Waals surface area contributed by atoms with Crippen LogP contribution in [-0.2, 0) is 0 Å². The molecule has 156 valence electrons. The number of hydrogen-bond donors (Lipinski definition) is 2. The van der Waals surface area contributed by atoms with E-state index in [1.165, 1.54) is 5.38 Å². The van der Waals surface area contributed by atoms with Crippen LogP contribution >= 0.6 is 11.3 Å². The summed E-state index contributed by atoms with van der Waals surface area (Å²) in [5.74, 6) is -10.6. The lowest BCUT2D eigenvalue weighted by Crippen LogP contribution is -2.22. The lowest BCUT2D eigenvalue weighted by molar-refractivity contribution is 0.0952. The first kappa shape index (κ1) is 14.6. The summed E-state index contributed by atoms with van der Waals surface area (Å²) in [6, 6.07) is 5.23. The fraction of sp³-hybridized carbons (Fsp3) is 0.100. The predicted octanol–water partition coefficient (Wildman–Crippen LogP) is 4.59. The van der Waals surface area contributed by atoms with Gasteiger partial charge in [0.05, 0.1) is 22.3 Å². The molecule has 30 heavy (non-hydrogen) atoms. The Balaban J connectivity index is 1.98. The maximum Gasteiger partial charge on any atom is 0.261 e. The zero-order chi connectivity index (χ0) is 27.0. The Morgan fingerprint density at radius 3 is 2.43 bits per heavy atom. The molecule has 0 saturated carbocycles. The van der Waals surface area contributed by atoms with Gasteiger partial charge in [-0.1, -0.05) is 12.1 Å². The van der Waals surface area contributed by atoms with Crippen molar-refractivity contribution in [2.24, 2.45) is 0 Å². The molecule has 0 aliphatic carbocycles. The number of nitrogens with one attached hydrogen (secondary N) is 2. The summed E-state index contributed by atoms with van der Waals surface area (Å²) in [6.45, 7) is -2.89. The van der Waals surface area contributed by atoms with Crippen LogP contribution in [0.1, 0.15) is 28.3 Å². The highest BCUT2D eigenvalue weighted by Crippen LogP contribution is 2.36. The van der Waals surface area contributed by atoms with Crippen molar-refractivity contribution in [2.45, 2.75) is 0 Å². The highest BCUT2D eigenvalue weighted by atomic mass is 32.1. The van der Waals surface area contributed by atoms with Crippen LogP contribution in [-0.4, -0.2) is 25.8 Å². The van der Waals surface area contributed by atoms with Gasteiger partial charge in [-0.05, 0) is 29.1 Å². The van der Waals surface area contributed by atoms with E-state index in [0.29, 0.717) is 11.3 Å². The molecule has 2 aromatic carbocycles.